The van der Waals surface area contributed by atoms with Crippen LogP contribution in [0.2, 0.25) is 0 Å². The highest BCUT2D eigenvalue weighted by molar-refractivity contribution is 5.25. The summed E-state index contributed by atoms with van der Waals surface area (Å²) >= 11 is 0. The van der Waals surface area contributed by atoms with Crippen molar-refractivity contribution >= 4 is 0 Å². The van der Waals surface area contributed by atoms with Crippen LogP contribution in [0.4, 0.5) is 0 Å². The largest absolute Gasteiger partial charge is 0.393 e. The molecule has 3 fully saturated rings. The van der Waals surface area contributed by atoms with E-state index >= 15 is 0 Å². The predicted molar refractivity (Wildman–Crippen MR) is 119 cm³/mol. The van der Waals surface area contributed by atoms with E-state index in [1.807, 2.05) is 0 Å². The summed E-state index contributed by atoms with van der Waals surface area (Å²) in [5.41, 5.74) is 2.61. The van der Waals surface area contributed by atoms with Crippen LogP contribution >= 0.6 is 0 Å². The summed E-state index contributed by atoms with van der Waals surface area (Å²) in [6.07, 6.45) is 20.0. The molecule has 0 spiro atoms. The Morgan fingerprint density at radius 3 is 2.64 bits per heavy atom. The topological polar surface area (TPSA) is 20.2 Å². The third-order valence-electron chi connectivity index (χ3n) is 10.4. The van der Waals surface area contributed by atoms with Gasteiger partial charge in [0.1, 0.15) is 0 Å². The van der Waals surface area contributed by atoms with E-state index in [1.54, 1.807) is 5.57 Å². The molecule has 4 aliphatic carbocycles. The lowest BCUT2D eigenvalue weighted by Gasteiger charge is -2.58. The van der Waals surface area contributed by atoms with E-state index in [2.05, 4.69) is 33.8 Å². The van der Waals surface area contributed by atoms with Crippen LogP contribution in [0, 0.1) is 40.4 Å². The zero-order valence-electron chi connectivity index (χ0n) is 19.2. The molecule has 3 saturated carbocycles. The van der Waals surface area contributed by atoms with Gasteiger partial charge in [0, 0.05) is 0 Å². The van der Waals surface area contributed by atoms with E-state index in [0.717, 1.165) is 42.4 Å². The Kier molecular flexibility index (Phi) is 6.05. The molecule has 0 radical (unpaired) electrons. The zero-order valence-corrected chi connectivity index (χ0v) is 19.2. The van der Waals surface area contributed by atoms with Gasteiger partial charge in [0.05, 0.1) is 6.10 Å². The summed E-state index contributed by atoms with van der Waals surface area (Å²) in [7, 11) is 0. The lowest BCUT2D eigenvalue weighted by Crippen LogP contribution is -2.50. The normalized spacial score (nSPS) is 46.3. The van der Waals surface area contributed by atoms with Crippen molar-refractivity contribution < 1.29 is 5.11 Å². The van der Waals surface area contributed by atoms with Gasteiger partial charge in [-0.3, -0.25) is 0 Å². The fraction of sp³-hybridized carbons (Fsp3) is 0.926. The molecule has 1 nitrogen and oxygen atoms in total. The molecule has 4 rings (SSSR count). The maximum absolute atomic E-state index is 10.2. The molecule has 28 heavy (non-hydrogen) atoms. The highest BCUT2D eigenvalue weighted by Crippen LogP contribution is 2.67. The molecule has 0 bridgehead atoms. The number of fused-ring (bicyclic) bond motifs is 5. The number of unbranched alkanes of at least 4 members (excludes halogenated alkanes) is 3. The van der Waals surface area contributed by atoms with E-state index in [9.17, 15) is 5.11 Å². The number of allylic oxidation sites excluding steroid dienone is 1. The average Bonchev–Trinajstić information content (AvgIpc) is 3.03. The van der Waals surface area contributed by atoms with E-state index in [0.29, 0.717) is 10.8 Å². The maximum Gasteiger partial charge on any atom is 0.0577 e. The van der Waals surface area contributed by atoms with Crippen LogP contribution in [0.1, 0.15) is 111 Å². The molecule has 1 N–H and O–H groups in total. The van der Waals surface area contributed by atoms with Gasteiger partial charge in [-0.2, -0.15) is 0 Å². The minimum absolute atomic E-state index is 0.0749. The van der Waals surface area contributed by atoms with Crippen molar-refractivity contribution in [3.63, 3.8) is 0 Å². The monoisotopic (exact) mass is 386 g/mol. The highest BCUT2D eigenvalue weighted by Gasteiger charge is 2.58. The average molecular weight is 387 g/mol. The van der Waals surface area contributed by atoms with Crippen LogP contribution in [0.25, 0.3) is 0 Å². The first kappa shape index (κ1) is 21.0. The number of hydrogen-bond donors (Lipinski definition) is 1. The van der Waals surface area contributed by atoms with Crippen LogP contribution in [0.15, 0.2) is 11.6 Å². The summed E-state index contributed by atoms with van der Waals surface area (Å²) in [5, 5.41) is 10.2. The molecular formula is C27H46O. The van der Waals surface area contributed by atoms with Crippen molar-refractivity contribution in [1.82, 2.24) is 0 Å². The first-order valence-electron chi connectivity index (χ1n) is 12.8. The van der Waals surface area contributed by atoms with Crippen molar-refractivity contribution in [2.24, 2.45) is 40.4 Å². The molecule has 0 aliphatic heterocycles. The van der Waals surface area contributed by atoms with Gasteiger partial charge in [0.25, 0.3) is 0 Å². The Balaban J connectivity index is 1.47. The standard InChI is InChI=1S/C27H46O/c1-5-6-7-8-9-19(2)23-12-13-24-22-11-10-20-18-21(28)14-16-26(20,3)25(22)15-17-27(23,24)4/h10,19,21-25,28H,5-9,11-18H2,1-4H3. The molecule has 0 aromatic heterocycles. The third kappa shape index (κ3) is 3.42. The van der Waals surface area contributed by atoms with Gasteiger partial charge in [0.2, 0.25) is 0 Å². The Morgan fingerprint density at radius 1 is 1.04 bits per heavy atom. The molecule has 8 atom stereocenters. The molecule has 4 aliphatic rings. The van der Waals surface area contributed by atoms with Gasteiger partial charge in [-0.05, 0) is 91.8 Å². The molecule has 0 heterocycles. The van der Waals surface area contributed by atoms with Crippen LogP contribution in [-0.4, -0.2) is 11.2 Å². The van der Waals surface area contributed by atoms with Crippen molar-refractivity contribution in [1.29, 1.82) is 0 Å². The van der Waals surface area contributed by atoms with Crippen LogP contribution in [0.5, 0.6) is 0 Å². The van der Waals surface area contributed by atoms with Crippen LogP contribution in [-0.2, 0) is 0 Å². The van der Waals surface area contributed by atoms with E-state index in [4.69, 9.17) is 0 Å². The van der Waals surface area contributed by atoms with Gasteiger partial charge in [0.15, 0.2) is 0 Å². The second kappa shape index (κ2) is 8.09. The second-order valence-electron chi connectivity index (χ2n) is 11.7. The van der Waals surface area contributed by atoms with E-state index < -0.39 is 0 Å². The summed E-state index contributed by atoms with van der Waals surface area (Å²) in [6, 6.07) is 0. The van der Waals surface area contributed by atoms with Crippen LogP contribution < -0.4 is 0 Å². The lowest BCUT2D eigenvalue weighted by atomic mass is 9.47. The number of rotatable bonds is 6. The molecular weight excluding hydrogens is 340 g/mol. The van der Waals surface area contributed by atoms with E-state index in [-0.39, 0.29) is 6.10 Å². The van der Waals surface area contributed by atoms with Gasteiger partial charge in [-0.25, -0.2) is 0 Å². The number of hydrogen-bond acceptors (Lipinski definition) is 1. The quantitative estimate of drug-likeness (QED) is 0.369. The van der Waals surface area contributed by atoms with E-state index in [1.165, 1.54) is 70.6 Å². The summed E-state index contributed by atoms with van der Waals surface area (Å²) in [6.45, 7) is 10.2. The summed E-state index contributed by atoms with van der Waals surface area (Å²) in [5.74, 6) is 4.64. The van der Waals surface area contributed by atoms with Gasteiger partial charge >= 0.3 is 0 Å². The minimum atomic E-state index is -0.0749. The highest BCUT2D eigenvalue weighted by atomic mass is 16.3. The second-order valence-corrected chi connectivity index (χ2v) is 11.7. The molecule has 0 saturated heterocycles. The summed E-state index contributed by atoms with van der Waals surface area (Å²) < 4.78 is 0. The van der Waals surface area contributed by atoms with Gasteiger partial charge in [-0.1, -0.05) is 71.4 Å². The summed E-state index contributed by atoms with van der Waals surface area (Å²) in [4.78, 5) is 0. The van der Waals surface area contributed by atoms with Gasteiger partial charge in [-0.15, -0.1) is 0 Å². The smallest absolute Gasteiger partial charge is 0.0577 e. The fourth-order valence-corrected chi connectivity index (χ4v) is 8.71. The Labute approximate surface area is 174 Å². The number of aliphatic hydroxyl groups excluding tert-OH is 1. The van der Waals surface area contributed by atoms with Crippen LogP contribution in [0.3, 0.4) is 0 Å². The Hall–Kier alpha value is -0.300. The molecule has 0 aromatic rings. The number of aliphatic hydroxyl groups is 1. The third-order valence-corrected chi connectivity index (χ3v) is 10.4. The molecule has 0 aromatic carbocycles. The Morgan fingerprint density at radius 2 is 1.86 bits per heavy atom. The van der Waals surface area contributed by atoms with Crippen molar-refractivity contribution in [2.75, 3.05) is 0 Å². The van der Waals surface area contributed by atoms with Crippen molar-refractivity contribution in [3.05, 3.63) is 11.6 Å². The molecule has 8 unspecified atom stereocenters. The first-order chi connectivity index (χ1) is 13.4. The Bertz CT molecular complexity index is 579. The SMILES string of the molecule is CCCCCCC(C)C1CCC2C3CC=C4CC(O)CCC4(C)C3CCC12C. The zero-order chi connectivity index (χ0) is 19.9. The molecule has 0 amide bonds. The minimum Gasteiger partial charge on any atom is -0.393 e. The van der Waals surface area contributed by atoms with Crippen molar-refractivity contribution in [2.45, 2.75) is 117 Å². The molecule has 160 valence electrons. The maximum atomic E-state index is 10.2. The fourth-order valence-electron chi connectivity index (χ4n) is 8.71. The van der Waals surface area contributed by atoms with Gasteiger partial charge < -0.3 is 5.11 Å². The first-order valence-corrected chi connectivity index (χ1v) is 12.8. The predicted octanol–water partition coefficient (Wildman–Crippen LogP) is 7.53. The van der Waals surface area contributed by atoms with Crippen molar-refractivity contribution in [3.8, 4) is 0 Å². The molecule has 1 heteroatoms. The lowest BCUT2D eigenvalue weighted by molar-refractivity contribution is -0.0572.